The zero-order valence-electron chi connectivity index (χ0n) is 9.14. The minimum atomic E-state index is -3.92. The predicted octanol–water partition coefficient (Wildman–Crippen LogP) is 3.35. The van der Waals surface area contributed by atoms with Gasteiger partial charge in [0.25, 0.3) is 10.0 Å². The Morgan fingerprint density at radius 1 is 1.11 bits per heavy atom. The van der Waals surface area contributed by atoms with Gasteiger partial charge in [0.15, 0.2) is 5.82 Å². The first-order valence-corrected chi connectivity index (χ1v) is 7.88. The molecule has 0 atom stereocenters. The molecule has 1 aromatic carbocycles. The van der Waals surface area contributed by atoms with Crippen molar-refractivity contribution in [1.29, 1.82) is 0 Å². The lowest BCUT2D eigenvalue weighted by molar-refractivity contribution is 0.601. The molecule has 0 amide bonds. The van der Waals surface area contributed by atoms with Crippen LogP contribution in [0, 0.1) is 0 Å². The molecule has 0 radical (unpaired) electrons. The number of nitrogens with one attached hydrogen (secondary N) is 1. The van der Waals surface area contributed by atoms with E-state index in [4.69, 9.17) is 23.2 Å². The van der Waals surface area contributed by atoms with Crippen LogP contribution in [0.2, 0.25) is 10.0 Å². The van der Waals surface area contributed by atoms with Gasteiger partial charge >= 0.3 is 0 Å². The zero-order valence-corrected chi connectivity index (χ0v) is 13.1. The average molecular weight is 383 g/mol. The molecular formula is C10H6BrCl2N3O2S. The zero-order chi connectivity index (χ0) is 14.0. The Labute approximate surface area is 128 Å². The third-order valence-corrected chi connectivity index (χ3v) is 4.77. The van der Waals surface area contributed by atoms with Gasteiger partial charge in [-0.25, -0.2) is 18.4 Å². The van der Waals surface area contributed by atoms with Crippen molar-refractivity contribution >= 4 is 55.0 Å². The Balaban J connectivity index is 2.41. The van der Waals surface area contributed by atoms with Crippen LogP contribution in [-0.4, -0.2) is 18.4 Å². The van der Waals surface area contributed by atoms with Gasteiger partial charge in [-0.1, -0.05) is 29.3 Å². The maximum absolute atomic E-state index is 12.2. The van der Waals surface area contributed by atoms with Crippen molar-refractivity contribution in [3.63, 3.8) is 0 Å². The maximum Gasteiger partial charge on any atom is 0.266 e. The van der Waals surface area contributed by atoms with Gasteiger partial charge in [-0.15, -0.1) is 0 Å². The van der Waals surface area contributed by atoms with Gasteiger partial charge in [-0.05, 0) is 28.1 Å². The number of hydrogen-bond acceptors (Lipinski definition) is 4. The third kappa shape index (κ3) is 3.36. The number of rotatable bonds is 3. The lowest BCUT2D eigenvalue weighted by Gasteiger charge is -2.09. The minimum absolute atomic E-state index is 0.0325. The standard InChI is InChI=1S/C10H6BrCl2N3O2S/c11-8-4-15-9(5-14-8)16-19(17,18)10-6(12)2-1-3-7(10)13/h1-5H,(H,15,16). The summed E-state index contributed by atoms with van der Waals surface area (Å²) in [6.45, 7) is 0. The van der Waals surface area contributed by atoms with Crippen LogP contribution < -0.4 is 4.72 Å². The van der Waals surface area contributed by atoms with Crippen molar-refractivity contribution in [2.45, 2.75) is 4.90 Å². The molecule has 0 aliphatic carbocycles. The van der Waals surface area contributed by atoms with E-state index in [2.05, 4.69) is 30.6 Å². The second-order valence-corrected chi connectivity index (χ2v) is 6.63. The molecule has 1 heterocycles. The lowest BCUT2D eigenvalue weighted by Crippen LogP contribution is -2.15. The van der Waals surface area contributed by atoms with E-state index in [1.807, 2.05) is 0 Å². The molecule has 9 heteroatoms. The van der Waals surface area contributed by atoms with Gasteiger partial charge in [0, 0.05) is 0 Å². The topological polar surface area (TPSA) is 72.0 Å². The quantitative estimate of drug-likeness (QED) is 0.883. The summed E-state index contributed by atoms with van der Waals surface area (Å²) in [7, 11) is -3.92. The molecule has 0 spiro atoms. The highest BCUT2D eigenvalue weighted by molar-refractivity contribution is 9.10. The Bertz CT molecular complexity index is 687. The van der Waals surface area contributed by atoms with E-state index in [1.165, 1.54) is 24.5 Å². The molecule has 0 bridgehead atoms. The van der Waals surface area contributed by atoms with Crippen molar-refractivity contribution in [3.8, 4) is 0 Å². The summed E-state index contributed by atoms with van der Waals surface area (Å²) in [6, 6.07) is 4.44. The molecule has 5 nitrogen and oxygen atoms in total. The summed E-state index contributed by atoms with van der Waals surface area (Å²) in [5, 5.41) is 0.0649. The van der Waals surface area contributed by atoms with Crippen molar-refractivity contribution in [2.75, 3.05) is 4.72 Å². The van der Waals surface area contributed by atoms with E-state index in [9.17, 15) is 8.42 Å². The van der Waals surface area contributed by atoms with E-state index in [0.29, 0.717) is 4.60 Å². The number of benzene rings is 1. The first-order chi connectivity index (χ1) is 8.90. The minimum Gasteiger partial charge on any atom is -0.262 e. The SMILES string of the molecule is O=S(=O)(Nc1cnc(Br)cn1)c1c(Cl)cccc1Cl. The highest BCUT2D eigenvalue weighted by atomic mass is 79.9. The molecule has 19 heavy (non-hydrogen) atoms. The van der Waals surface area contributed by atoms with Gasteiger partial charge in [-0.3, -0.25) is 4.72 Å². The van der Waals surface area contributed by atoms with Crippen LogP contribution in [0.1, 0.15) is 0 Å². The summed E-state index contributed by atoms with van der Waals surface area (Å²) in [5.74, 6) is 0.0687. The molecule has 0 aliphatic rings. The molecule has 100 valence electrons. The van der Waals surface area contributed by atoms with Crippen LogP contribution >= 0.6 is 39.1 Å². The molecule has 0 unspecified atom stereocenters. The summed E-state index contributed by atoms with van der Waals surface area (Å²) in [4.78, 5) is 7.53. The summed E-state index contributed by atoms with van der Waals surface area (Å²) >= 11 is 14.8. The normalized spacial score (nSPS) is 11.3. The smallest absolute Gasteiger partial charge is 0.262 e. The predicted molar refractivity (Wildman–Crippen MR) is 77.0 cm³/mol. The molecule has 2 aromatic rings. The van der Waals surface area contributed by atoms with Gasteiger partial charge in [0.1, 0.15) is 9.50 Å². The molecular weight excluding hydrogens is 377 g/mol. The molecule has 0 saturated heterocycles. The van der Waals surface area contributed by atoms with E-state index >= 15 is 0 Å². The first-order valence-electron chi connectivity index (χ1n) is 4.84. The van der Waals surface area contributed by atoms with Crippen molar-refractivity contribution in [2.24, 2.45) is 0 Å². The van der Waals surface area contributed by atoms with Crippen LogP contribution in [0.4, 0.5) is 5.82 Å². The van der Waals surface area contributed by atoms with Crippen LogP contribution in [0.5, 0.6) is 0 Å². The molecule has 1 N–H and O–H groups in total. The highest BCUT2D eigenvalue weighted by Gasteiger charge is 2.22. The number of anilines is 1. The fourth-order valence-corrected chi connectivity index (χ4v) is 3.64. The van der Waals surface area contributed by atoms with E-state index in [-0.39, 0.29) is 20.8 Å². The summed E-state index contributed by atoms with van der Waals surface area (Å²) < 4.78 is 27.1. The number of halogens is 3. The van der Waals surface area contributed by atoms with Gasteiger partial charge < -0.3 is 0 Å². The van der Waals surface area contributed by atoms with E-state index < -0.39 is 10.0 Å². The molecule has 0 fully saturated rings. The number of hydrogen-bond donors (Lipinski definition) is 1. The van der Waals surface area contributed by atoms with E-state index in [1.54, 1.807) is 6.07 Å². The molecule has 0 aliphatic heterocycles. The van der Waals surface area contributed by atoms with Gasteiger partial charge in [0.05, 0.1) is 22.4 Å². The molecule has 2 rings (SSSR count). The fraction of sp³-hybridized carbons (Fsp3) is 0. The van der Waals surface area contributed by atoms with Crippen molar-refractivity contribution in [3.05, 3.63) is 45.2 Å². The van der Waals surface area contributed by atoms with Crippen molar-refractivity contribution in [1.82, 2.24) is 9.97 Å². The Kier molecular flexibility index (Phi) is 4.29. The van der Waals surface area contributed by atoms with Crippen LogP contribution in [0.15, 0.2) is 40.1 Å². The Morgan fingerprint density at radius 2 is 1.74 bits per heavy atom. The second kappa shape index (κ2) is 5.62. The summed E-state index contributed by atoms with van der Waals surface area (Å²) in [6.07, 6.45) is 2.64. The van der Waals surface area contributed by atoms with Crippen LogP contribution in [-0.2, 0) is 10.0 Å². The lowest BCUT2D eigenvalue weighted by atomic mass is 10.4. The molecule has 1 aromatic heterocycles. The maximum atomic E-state index is 12.2. The Morgan fingerprint density at radius 3 is 2.26 bits per heavy atom. The number of nitrogens with zero attached hydrogens (tertiary/aromatic N) is 2. The largest absolute Gasteiger partial charge is 0.266 e. The van der Waals surface area contributed by atoms with Crippen LogP contribution in [0.3, 0.4) is 0 Å². The first kappa shape index (κ1) is 14.5. The second-order valence-electron chi connectivity index (χ2n) is 3.38. The van der Waals surface area contributed by atoms with Crippen molar-refractivity contribution < 1.29 is 8.42 Å². The van der Waals surface area contributed by atoms with Gasteiger partial charge in [-0.2, -0.15) is 0 Å². The average Bonchev–Trinajstić information content (AvgIpc) is 2.31. The summed E-state index contributed by atoms with van der Waals surface area (Å²) in [5.41, 5.74) is 0. The third-order valence-electron chi connectivity index (χ3n) is 2.05. The number of sulfonamides is 1. The highest BCUT2D eigenvalue weighted by Crippen LogP contribution is 2.30. The van der Waals surface area contributed by atoms with E-state index in [0.717, 1.165) is 0 Å². The molecule has 0 saturated carbocycles. The number of aromatic nitrogens is 2. The monoisotopic (exact) mass is 381 g/mol. The fourth-order valence-electron chi connectivity index (χ4n) is 1.29. The van der Waals surface area contributed by atoms with Crippen LogP contribution in [0.25, 0.3) is 0 Å². The Hall–Kier alpha value is -0.890. The van der Waals surface area contributed by atoms with Gasteiger partial charge in [0.2, 0.25) is 0 Å².